The molecule has 0 fully saturated rings. The van der Waals surface area contributed by atoms with E-state index in [1.807, 2.05) is 103 Å². The molecule has 0 spiro atoms. The maximum atomic E-state index is 9.41. The summed E-state index contributed by atoms with van der Waals surface area (Å²) >= 11 is 0. The Morgan fingerprint density at radius 1 is 0.306 bits per heavy atom. The SMILES string of the molecule is [2H]c1c([2H])c(-c2c3ccccc3c(-c3ccc4oc5cc6ccccc6cc5c4c3)c3ccccc23)c([2H])c([2H])c1-c1ccc(-c2ccccc2)cc1. The summed E-state index contributed by atoms with van der Waals surface area (Å²) in [5, 5.41) is 8.05. The third-order valence-corrected chi connectivity index (χ3v) is 9.71. The van der Waals surface area contributed by atoms with Crippen LogP contribution in [0.4, 0.5) is 0 Å². The highest BCUT2D eigenvalue weighted by Gasteiger charge is 2.18. The standard InChI is InChI=1S/C48H30O/c1-2-10-31(11-3-1)32-18-20-33(21-19-32)34-22-24-35(25-23-34)47-39-14-6-8-16-41(39)48(42-17-9-7-15-40(42)47)38-26-27-45-43(29-38)44-28-36-12-4-5-13-37(36)30-46(44)49-45/h1-30H/i22D,23D,24D,25D. The molecule has 0 unspecified atom stereocenters. The smallest absolute Gasteiger partial charge is 0.136 e. The Hall–Kier alpha value is -6.44. The van der Waals surface area contributed by atoms with Gasteiger partial charge in [0.05, 0.1) is 5.48 Å². The van der Waals surface area contributed by atoms with Crippen LogP contribution in [-0.4, -0.2) is 0 Å². The van der Waals surface area contributed by atoms with E-state index in [4.69, 9.17) is 4.42 Å². The Bertz CT molecular complexity index is 3000. The Balaban J connectivity index is 1.19. The van der Waals surface area contributed by atoms with Crippen LogP contribution in [0.3, 0.4) is 0 Å². The molecule has 49 heavy (non-hydrogen) atoms. The van der Waals surface area contributed by atoms with E-state index in [1.165, 1.54) is 0 Å². The van der Waals surface area contributed by atoms with E-state index in [-0.39, 0.29) is 24.2 Å². The zero-order valence-corrected chi connectivity index (χ0v) is 26.4. The van der Waals surface area contributed by atoms with Gasteiger partial charge in [-0.3, -0.25) is 0 Å². The lowest BCUT2D eigenvalue weighted by Gasteiger charge is -2.18. The van der Waals surface area contributed by atoms with Crippen molar-refractivity contribution in [2.24, 2.45) is 0 Å². The zero-order valence-electron chi connectivity index (χ0n) is 30.4. The van der Waals surface area contributed by atoms with Gasteiger partial charge < -0.3 is 4.42 Å². The first-order valence-electron chi connectivity index (χ1n) is 18.5. The van der Waals surface area contributed by atoms with E-state index in [0.29, 0.717) is 22.3 Å². The number of hydrogen-bond donors (Lipinski definition) is 0. The van der Waals surface area contributed by atoms with E-state index in [9.17, 15) is 5.48 Å². The molecule has 1 aromatic heterocycles. The van der Waals surface area contributed by atoms with Crippen LogP contribution in [0.5, 0.6) is 0 Å². The molecule has 9 aromatic carbocycles. The Morgan fingerprint density at radius 2 is 0.755 bits per heavy atom. The van der Waals surface area contributed by atoms with Crippen molar-refractivity contribution < 1.29 is 9.90 Å². The first kappa shape index (κ1) is 23.8. The molecular weight excluding hydrogens is 593 g/mol. The fourth-order valence-electron chi connectivity index (χ4n) is 7.37. The van der Waals surface area contributed by atoms with Gasteiger partial charge in [0.25, 0.3) is 0 Å². The second-order valence-corrected chi connectivity index (χ2v) is 12.5. The van der Waals surface area contributed by atoms with Crippen LogP contribution in [0.1, 0.15) is 5.48 Å². The minimum Gasteiger partial charge on any atom is -0.456 e. The van der Waals surface area contributed by atoms with Crippen LogP contribution in [0.2, 0.25) is 0 Å². The largest absolute Gasteiger partial charge is 0.456 e. The highest BCUT2D eigenvalue weighted by Crippen LogP contribution is 2.45. The molecular formula is C48H30O. The molecule has 0 aliphatic heterocycles. The lowest BCUT2D eigenvalue weighted by atomic mass is 9.85. The molecule has 10 rings (SSSR count). The predicted octanol–water partition coefficient (Wildman–Crippen LogP) is 13.7. The highest BCUT2D eigenvalue weighted by molar-refractivity contribution is 6.22. The lowest BCUT2D eigenvalue weighted by Crippen LogP contribution is -1.91. The van der Waals surface area contributed by atoms with E-state index in [1.54, 1.807) is 0 Å². The minimum atomic E-state index is -0.0605. The van der Waals surface area contributed by atoms with Crippen molar-refractivity contribution in [2.45, 2.75) is 0 Å². The molecule has 0 amide bonds. The van der Waals surface area contributed by atoms with Crippen LogP contribution in [0.25, 0.3) is 98.8 Å². The summed E-state index contributed by atoms with van der Waals surface area (Å²) < 4.78 is 43.7. The van der Waals surface area contributed by atoms with Crippen LogP contribution in [0, 0.1) is 0 Å². The molecule has 10 aromatic rings. The summed E-state index contributed by atoms with van der Waals surface area (Å²) in [5.41, 5.74) is 7.77. The molecule has 0 N–H and O–H groups in total. The van der Waals surface area contributed by atoms with Gasteiger partial charge in [-0.1, -0.05) is 158 Å². The van der Waals surface area contributed by atoms with Gasteiger partial charge in [0.1, 0.15) is 11.2 Å². The average Bonchev–Trinajstić information content (AvgIpc) is 3.56. The van der Waals surface area contributed by atoms with E-state index in [0.717, 1.165) is 76.5 Å². The molecule has 1 heteroatoms. The Kier molecular flexibility index (Phi) is 5.38. The molecule has 0 atom stereocenters. The second kappa shape index (κ2) is 11.1. The molecule has 0 saturated carbocycles. The highest BCUT2D eigenvalue weighted by atomic mass is 16.3. The van der Waals surface area contributed by atoms with Crippen molar-refractivity contribution in [2.75, 3.05) is 0 Å². The van der Waals surface area contributed by atoms with Gasteiger partial charge in [-0.05, 0) is 101 Å². The first-order chi connectivity index (χ1) is 26.0. The van der Waals surface area contributed by atoms with E-state index >= 15 is 0 Å². The Labute approximate surface area is 289 Å². The van der Waals surface area contributed by atoms with Gasteiger partial charge in [0.15, 0.2) is 0 Å². The van der Waals surface area contributed by atoms with Gasteiger partial charge in [-0.25, -0.2) is 0 Å². The van der Waals surface area contributed by atoms with Crippen molar-refractivity contribution in [1.82, 2.24) is 0 Å². The van der Waals surface area contributed by atoms with Gasteiger partial charge >= 0.3 is 0 Å². The molecule has 0 saturated heterocycles. The molecule has 0 bridgehead atoms. The second-order valence-electron chi connectivity index (χ2n) is 12.5. The number of benzene rings is 9. The third-order valence-electron chi connectivity index (χ3n) is 9.71. The monoisotopic (exact) mass is 626 g/mol. The van der Waals surface area contributed by atoms with Gasteiger partial charge in [-0.2, -0.15) is 0 Å². The first-order valence-corrected chi connectivity index (χ1v) is 16.5. The van der Waals surface area contributed by atoms with Crippen molar-refractivity contribution in [1.29, 1.82) is 0 Å². The van der Waals surface area contributed by atoms with Crippen molar-refractivity contribution in [3.8, 4) is 44.5 Å². The minimum absolute atomic E-state index is 0.0597. The Morgan fingerprint density at radius 3 is 1.39 bits per heavy atom. The fraction of sp³-hybridized carbons (Fsp3) is 0. The average molecular weight is 627 g/mol. The molecule has 1 heterocycles. The van der Waals surface area contributed by atoms with Gasteiger partial charge in [0, 0.05) is 10.8 Å². The molecule has 1 nitrogen and oxygen atoms in total. The van der Waals surface area contributed by atoms with Crippen molar-refractivity contribution in [3.05, 3.63) is 182 Å². The maximum Gasteiger partial charge on any atom is 0.136 e. The van der Waals surface area contributed by atoms with Crippen molar-refractivity contribution >= 4 is 54.3 Å². The summed E-state index contributed by atoms with van der Waals surface area (Å²) in [4.78, 5) is 0. The van der Waals surface area contributed by atoms with Crippen LogP contribution >= 0.6 is 0 Å². The van der Waals surface area contributed by atoms with Crippen LogP contribution in [-0.2, 0) is 0 Å². The molecule has 228 valence electrons. The summed E-state index contributed by atoms with van der Waals surface area (Å²) in [7, 11) is 0. The van der Waals surface area contributed by atoms with Crippen LogP contribution in [0.15, 0.2) is 186 Å². The summed E-state index contributed by atoms with van der Waals surface area (Å²) in [6, 6.07) is 52.7. The summed E-state index contributed by atoms with van der Waals surface area (Å²) in [6.45, 7) is 0. The molecule has 0 aliphatic carbocycles. The quantitative estimate of drug-likeness (QED) is 0.177. The normalized spacial score (nSPS) is 12.8. The number of hydrogen-bond acceptors (Lipinski definition) is 1. The third kappa shape index (κ3) is 4.55. The molecule has 0 aliphatic rings. The summed E-state index contributed by atoms with van der Waals surface area (Å²) in [5.74, 6) is 0. The number of fused-ring (bicyclic) bond motifs is 6. The molecule has 0 radical (unpaired) electrons. The zero-order chi connectivity index (χ0) is 35.8. The number of rotatable bonds is 4. The van der Waals surface area contributed by atoms with Gasteiger partial charge in [-0.15, -0.1) is 0 Å². The lowest BCUT2D eigenvalue weighted by molar-refractivity contribution is 0.669. The summed E-state index contributed by atoms with van der Waals surface area (Å²) in [6.07, 6.45) is 0. The fourth-order valence-corrected chi connectivity index (χ4v) is 7.37. The van der Waals surface area contributed by atoms with Crippen molar-refractivity contribution in [3.63, 3.8) is 0 Å². The van der Waals surface area contributed by atoms with Gasteiger partial charge in [0.2, 0.25) is 0 Å². The maximum absolute atomic E-state index is 9.41. The van der Waals surface area contributed by atoms with E-state index < -0.39 is 0 Å². The van der Waals surface area contributed by atoms with E-state index in [2.05, 4.69) is 54.6 Å². The number of furan rings is 1. The topological polar surface area (TPSA) is 13.1 Å². The predicted molar refractivity (Wildman–Crippen MR) is 208 cm³/mol. The van der Waals surface area contributed by atoms with Crippen LogP contribution < -0.4 is 0 Å².